The first kappa shape index (κ1) is 21.6. The van der Waals surface area contributed by atoms with Crippen LogP contribution in [0.5, 0.6) is 5.75 Å². The molecule has 0 aliphatic rings. The Bertz CT molecular complexity index is 894. The maximum Gasteiger partial charge on any atom is 0.249 e. The highest BCUT2D eigenvalue weighted by Gasteiger charge is 2.11. The fraction of sp³-hybridized carbons (Fsp3) is 0.286. The smallest absolute Gasteiger partial charge is 0.249 e. The Kier molecular flexibility index (Phi) is 7.75. The molecule has 0 aromatic heterocycles. The van der Waals surface area contributed by atoms with Crippen molar-refractivity contribution in [1.29, 1.82) is 0 Å². The number of nitrogens with one attached hydrogen (secondary N) is 2. The summed E-state index contributed by atoms with van der Waals surface area (Å²) < 4.78 is 6.58. The molecule has 28 heavy (non-hydrogen) atoms. The zero-order valence-corrected chi connectivity index (χ0v) is 18.0. The molecule has 2 rings (SSSR count). The van der Waals surface area contributed by atoms with Crippen molar-refractivity contribution in [2.24, 2.45) is 5.10 Å². The number of hydrazone groups is 1. The van der Waals surface area contributed by atoms with Gasteiger partial charge < -0.3 is 10.1 Å². The summed E-state index contributed by atoms with van der Waals surface area (Å²) in [5, 5.41) is 6.67. The third kappa shape index (κ3) is 6.81. The molecule has 0 spiro atoms. The van der Waals surface area contributed by atoms with Crippen LogP contribution < -0.4 is 15.5 Å². The van der Waals surface area contributed by atoms with E-state index >= 15 is 0 Å². The molecule has 2 aromatic carbocycles. The van der Waals surface area contributed by atoms with Gasteiger partial charge in [-0.1, -0.05) is 33.6 Å². The number of nitrogens with zero attached hydrogens (tertiary/aromatic N) is 1. The lowest BCUT2D eigenvalue weighted by Crippen LogP contribution is -2.25. The van der Waals surface area contributed by atoms with E-state index in [0.717, 1.165) is 15.6 Å². The highest BCUT2D eigenvalue weighted by molar-refractivity contribution is 9.10. The number of amides is 2. The quantitative estimate of drug-likeness (QED) is 0.378. The van der Waals surface area contributed by atoms with Crippen LogP contribution in [0.3, 0.4) is 0 Å². The van der Waals surface area contributed by atoms with E-state index in [4.69, 9.17) is 4.74 Å². The van der Waals surface area contributed by atoms with Gasteiger partial charge in [-0.25, -0.2) is 5.43 Å². The summed E-state index contributed by atoms with van der Waals surface area (Å²) in [5.74, 6) is -0.241. The molecular formula is C21H24BrN3O3. The number of anilines is 1. The van der Waals surface area contributed by atoms with Crippen LogP contribution in [0.1, 0.15) is 37.0 Å². The van der Waals surface area contributed by atoms with Crippen molar-refractivity contribution in [3.05, 3.63) is 57.6 Å². The first-order chi connectivity index (χ1) is 13.2. The lowest BCUT2D eigenvalue weighted by molar-refractivity contribution is -0.126. The van der Waals surface area contributed by atoms with Gasteiger partial charge in [0.25, 0.3) is 0 Å². The van der Waals surface area contributed by atoms with Gasteiger partial charge in [0.2, 0.25) is 11.8 Å². The van der Waals surface area contributed by atoms with Gasteiger partial charge in [0, 0.05) is 15.7 Å². The van der Waals surface area contributed by atoms with Crippen molar-refractivity contribution < 1.29 is 14.3 Å². The van der Waals surface area contributed by atoms with E-state index in [1.54, 1.807) is 0 Å². The van der Waals surface area contributed by atoms with Gasteiger partial charge >= 0.3 is 0 Å². The molecule has 0 atom stereocenters. The average Bonchev–Trinajstić information content (AvgIpc) is 2.59. The van der Waals surface area contributed by atoms with E-state index in [2.05, 4.69) is 31.8 Å². The molecule has 0 fully saturated rings. The van der Waals surface area contributed by atoms with E-state index in [1.807, 2.05) is 64.1 Å². The van der Waals surface area contributed by atoms with Crippen molar-refractivity contribution in [1.82, 2.24) is 5.43 Å². The summed E-state index contributed by atoms with van der Waals surface area (Å²) in [7, 11) is 0. The second-order valence-electron chi connectivity index (χ2n) is 6.69. The lowest BCUT2D eigenvalue weighted by Gasteiger charge is -2.12. The van der Waals surface area contributed by atoms with Crippen LogP contribution in [0.2, 0.25) is 0 Å². The molecular weight excluding hydrogens is 422 g/mol. The number of carbonyl (C=O) groups is 2. The summed E-state index contributed by atoms with van der Waals surface area (Å²) in [5.41, 5.74) is 5.82. The second kappa shape index (κ2) is 10.0. The molecule has 0 heterocycles. The first-order valence-corrected chi connectivity index (χ1v) is 9.69. The van der Waals surface area contributed by atoms with Gasteiger partial charge in [-0.3, -0.25) is 9.59 Å². The highest BCUT2D eigenvalue weighted by atomic mass is 79.9. The number of benzene rings is 2. The topological polar surface area (TPSA) is 79.8 Å². The molecule has 2 amide bonds. The van der Waals surface area contributed by atoms with Crippen molar-refractivity contribution >= 4 is 39.6 Å². The third-order valence-electron chi connectivity index (χ3n) is 3.70. The SMILES string of the molecule is Cc1ccc(NC(=O)CC(=O)NN=Cc2cc(Br)ccc2OC(C)C)c(C)c1. The van der Waals surface area contributed by atoms with E-state index < -0.39 is 11.8 Å². The Morgan fingerprint density at radius 2 is 1.89 bits per heavy atom. The normalized spacial score (nSPS) is 10.9. The zero-order chi connectivity index (χ0) is 20.7. The Hall–Kier alpha value is -2.67. The molecule has 0 radical (unpaired) electrons. The maximum absolute atomic E-state index is 12.1. The number of hydrogen-bond donors (Lipinski definition) is 2. The first-order valence-electron chi connectivity index (χ1n) is 8.90. The van der Waals surface area contributed by atoms with E-state index in [-0.39, 0.29) is 12.5 Å². The summed E-state index contributed by atoms with van der Waals surface area (Å²) in [6.45, 7) is 7.74. The highest BCUT2D eigenvalue weighted by Crippen LogP contribution is 2.22. The number of carbonyl (C=O) groups excluding carboxylic acids is 2. The Morgan fingerprint density at radius 3 is 2.57 bits per heavy atom. The maximum atomic E-state index is 12.1. The van der Waals surface area contributed by atoms with E-state index in [1.165, 1.54) is 6.21 Å². The zero-order valence-electron chi connectivity index (χ0n) is 16.4. The standard InChI is InChI=1S/C21H24BrN3O3/c1-13(2)28-19-8-6-17(22)10-16(19)12-23-25-21(27)11-20(26)24-18-7-5-14(3)9-15(18)4/h5-10,12-13H,11H2,1-4H3,(H,24,26)(H,25,27). The average molecular weight is 446 g/mol. The molecule has 148 valence electrons. The minimum atomic E-state index is -0.500. The molecule has 0 aliphatic heterocycles. The summed E-state index contributed by atoms with van der Waals surface area (Å²) in [4.78, 5) is 24.0. The minimum absolute atomic E-state index is 0.0110. The summed E-state index contributed by atoms with van der Waals surface area (Å²) in [6, 6.07) is 11.2. The van der Waals surface area contributed by atoms with E-state index in [9.17, 15) is 9.59 Å². The summed E-state index contributed by atoms with van der Waals surface area (Å²) >= 11 is 3.40. The number of rotatable bonds is 7. The second-order valence-corrected chi connectivity index (χ2v) is 7.60. The number of ether oxygens (including phenoxy) is 1. The van der Waals surface area contributed by atoms with Gasteiger partial charge in [-0.2, -0.15) is 5.10 Å². The van der Waals surface area contributed by atoms with Crippen molar-refractivity contribution in [3.63, 3.8) is 0 Å². The van der Waals surface area contributed by atoms with Gasteiger partial charge in [-0.15, -0.1) is 0 Å². The minimum Gasteiger partial charge on any atom is -0.490 e. The Morgan fingerprint density at radius 1 is 1.14 bits per heavy atom. The van der Waals surface area contributed by atoms with Gasteiger partial charge in [0.1, 0.15) is 12.2 Å². The van der Waals surface area contributed by atoms with Crippen molar-refractivity contribution in [3.8, 4) is 5.75 Å². The van der Waals surface area contributed by atoms with Gasteiger partial charge in [-0.05, 0) is 57.5 Å². The number of hydrogen-bond acceptors (Lipinski definition) is 4. The Balaban J connectivity index is 1.93. The molecule has 2 aromatic rings. The summed E-state index contributed by atoms with van der Waals surface area (Å²) in [6.07, 6.45) is 1.18. The molecule has 0 aliphatic carbocycles. The van der Waals surface area contributed by atoms with Crippen LogP contribution in [0, 0.1) is 13.8 Å². The fourth-order valence-electron chi connectivity index (χ4n) is 2.49. The largest absolute Gasteiger partial charge is 0.490 e. The van der Waals surface area contributed by atoms with Crippen LogP contribution in [0.4, 0.5) is 5.69 Å². The van der Waals surface area contributed by atoms with Gasteiger partial charge in [0.05, 0.1) is 12.3 Å². The predicted molar refractivity (Wildman–Crippen MR) is 115 cm³/mol. The van der Waals surface area contributed by atoms with Gasteiger partial charge in [0.15, 0.2) is 0 Å². The molecule has 0 unspecified atom stereocenters. The van der Waals surface area contributed by atoms with Crippen LogP contribution in [0.15, 0.2) is 46.0 Å². The van der Waals surface area contributed by atoms with Crippen LogP contribution >= 0.6 is 15.9 Å². The van der Waals surface area contributed by atoms with Crippen molar-refractivity contribution in [2.75, 3.05) is 5.32 Å². The number of halogens is 1. The van der Waals surface area contributed by atoms with Crippen LogP contribution in [-0.4, -0.2) is 24.1 Å². The third-order valence-corrected chi connectivity index (χ3v) is 4.20. The predicted octanol–water partition coefficient (Wildman–Crippen LogP) is 4.33. The van der Waals surface area contributed by atoms with Crippen molar-refractivity contribution in [2.45, 2.75) is 40.2 Å². The molecule has 0 bridgehead atoms. The van der Waals surface area contributed by atoms with E-state index in [0.29, 0.717) is 17.0 Å². The van der Waals surface area contributed by atoms with Crippen LogP contribution in [0.25, 0.3) is 0 Å². The molecule has 6 nitrogen and oxygen atoms in total. The molecule has 0 saturated carbocycles. The fourth-order valence-corrected chi connectivity index (χ4v) is 2.87. The Labute approximate surface area is 173 Å². The molecule has 2 N–H and O–H groups in total. The lowest BCUT2D eigenvalue weighted by atomic mass is 10.1. The molecule has 0 saturated heterocycles. The molecule has 7 heteroatoms. The van der Waals surface area contributed by atoms with Crippen LogP contribution in [-0.2, 0) is 9.59 Å². The number of aryl methyl sites for hydroxylation is 2. The monoisotopic (exact) mass is 445 g/mol.